The predicted molar refractivity (Wildman–Crippen MR) is 98.6 cm³/mol. The standard InChI is InChI=1S/C14H18ClN3O3S3/c1-3-5-9-10(4-2)22-14(17-9)18-12(19)8-16-24(20,21)13-7-6-11(15)23-13/h6-7,16H,3-5,8H2,1-2H3,(H,17,18,19). The third-order valence-electron chi connectivity index (χ3n) is 3.07. The molecule has 0 aliphatic carbocycles. The molecule has 2 N–H and O–H groups in total. The van der Waals surface area contributed by atoms with Crippen LogP contribution in [-0.2, 0) is 27.7 Å². The highest BCUT2D eigenvalue weighted by molar-refractivity contribution is 7.91. The quantitative estimate of drug-likeness (QED) is 0.702. The van der Waals surface area contributed by atoms with Gasteiger partial charge in [-0.15, -0.1) is 22.7 Å². The van der Waals surface area contributed by atoms with Gasteiger partial charge in [0.2, 0.25) is 5.91 Å². The van der Waals surface area contributed by atoms with Crippen LogP contribution >= 0.6 is 34.3 Å². The minimum absolute atomic E-state index is 0.0769. The molecule has 6 nitrogen and oxygen atoms in total. The fourth-order valence-electron chi connectivity index (χ4n) is 1.98. The van der Waals surface area contributed by atoms with Gasteiger partial charge >= 0.3 is 0 Å². The van der Waals surface area contributed by atoms with E-state index in [1.165, 1.54) is 23.5 Å². The summed E-state index contributed by atoms with van der Waals surface area (Å²) in [6.45, 7) is 3.75. The molecule has 0 saturated heterocycles. The fourth-order valence-corrected chi connectivity index (χ4v) is 5.46. The zero-order valence-corrected chi connectivity index (χ0v) is 16.5. The van der Waals surface area contributed by atoms with Gasteiger partial charge in [-0.3, -0.25) is 4.79 Å². The van der Waals surface area contributed by atoms with Crippen molar-refractivity contribution >= 4 is 55.3 Å². The molecule has 24 heavy (non-hydrogen) atoms. The second kappa shape index (κ2) is 8.39. The number of halogens is 1. The topological polar surface area (TPSA) is 88.2 Å². The Balaban J connectivity index is 1.96. The number of carbonyl (C=O) groups excluding carboxylic acids is 1. The van der Waals surface area contributed by atoms with Gasteiger partial charge < -0.3 is 5.32 Å². The number of sulfonamides is 1. The molecule has 0 aliphatic rings. The number of nitrogens with one attached hydrogen (secondary N) is 2. The number of carbonyl (C=O) groups is 1. The Labute approximate surface area is 154 Å². The van der Waals surface area contributed by atoms with E-state index in [2.05, 4.69) is 21.9 Å². The van der Waals surface area contributed by atoms with E-state index in [1.807, 2.05) is 6.92 Å². The number of hydrogen-bond donors (Lipinski definition) is 2. The van der Waals surface area contributed by atoms with Gasteiger partial charge in [-0.25, -0.2) is 18.1 Å². The molecule has 0 radical (unpaired) electrons. The zero-order chi connectivity index (χ0) is 17.7. The molecule has 0 aromatic carbocycles. The van der Waals surface area contributed by atoms with E-state index < -0.39 is 15.9 Å². The Hall–Kier alpha value is -1.000. The highest BCUT2D eigenvalue weighted by Crippen LogP contribution is 2.26. The second-order valence-corrected chi connectivity index (χ2v) is 9.72. The Morgan fingerprint density at radius 2 is 2.04 bits per heavy atom. The number of aromatic nitrogens is 1. The Kier molecular flexibility index (Phi) is 6.76. The number of amides is 1. The largest absolute Gasteiger partial charge is 0.301 e. The summed E-state index contributed by atoms with van der Waals surface area (Å²) in [7, 11) is -3.74. The molecule has 2 rings (SSSR count). The van der Waals surface area contributed by atoms with Crippen molar-refractivity contribution in [3.63, 3.8) is 0 Å². The maximum atomic E-state index is 12.0. The Morgan fingerprint density at radius 1 is 1.29 bits per heavy atom. The van der Waals surface area contributed by atoms with Crippen molar-refractivity contribution in [1.82, 2.24) is 9.71 Å². The van der Waals surface area contributed by atoms with Crippen molar-refractivity contribution in [2.45, 2.75) is 37.3 Å². The van der Waals surface area contributed by atoms with Crippen molar-refractivity contribution in [2.24, 2.45) is 0 Å². The average Bonchev–Trinajstić information content (AvgIpc) is 3.12. The first kappa shape index (κ1) is 19.3. The molecule has 10 heteroatoms. The maximum Gasteiger partial charge on any atom is 0.250 e. The molecule has 2 aromatic heterocycles. The molecule has 0 unspecified atom stereocenters. The second-order valence-electron chi connectivity index (χ2n) is 4.92. The van der Waals surface area contributed by atoms with Crippen molar-refractivity contribution in [3.8, 4) is 0 Å². The van der Waals surface area contributed by atoms with Crippen LogP contribution in [0.1, 0.15) is 30.8 Å². The lowest BCUT2D eigenvalue weighted by atomic mass is 10.2. The minimum atomic E-state index is -3.74. The number of rotatable bonds is 8. The highest BCUT2D eigenvalue weighted by atomic mass is 35.5. The summed E-state index contributed by atoms with van der Waals surface area (Å²) in [4.78, 5) is 17.5. The summed E-state index contributed by atoms with van der Waals surface area (Å²) >= 11 is 8.10. The van der Waals surface area contributed by atoms with E-state index in [9.17, 15) is 13.2 Å². The van der Waals surface area contributed by atoms with Crippen LogP contribution in [0.5, 0.6) is 0 Å². The number of hydrogen-bond acceptors (Lipinski definition) is 6. The van der Waals surface area contributed by atoms with Gasteiger partial charge in [0, 0.05) is 4.88 Å². The van der Waals surface area contributed by atoms with Crippen molar-refractivity contribution in [3.05, 3.63) is 27.0 Å². The van der Waals surface area contributed by atoms with E-state index in [0.29, 0.717) is 9.47 Å². The smallest absolute Gasteiger partial charge is 0.250 e. The molecule has 0 fully saturated rings. The molecule has 1 amide bonds. The molecular weight excluding hydrogens is 390 g/mol. The van der Waals surface area contributed by atoms with Gasteiger partial charge in [-0.2, -0.15) is 0 Å². The first-order chi connectivity index (χ1) is 11.4. The van der Waals surface area contributed by atoms with Crippen molar-refractivity contribution < 1.29 is 13.2 Å². The summed E-state index contributed by atoms with van der Waals surface area (Å²) < 4.78 is 26.8. The zero-order valence-electron chi connectivity index (χ0n) is 13.3. The summed E-state index contributed by atoms with van der Waals surface area (Å²) in [5.41, 5.74) is 0.995. The summed E-state index contributed by atoms with van der Waals surface area (Å²) in [5.74, 6) is -0.458. The van der Waals surface area contributed by atoms with E-state index >= 15 is 0 Å². The van der Waals surface area contributed by atoms with Crippen molar-refractivity contribution in [2.75, 3.05) is 11.9 Å². The first-order valence-corrected chi connectivity index (χ1v) is 10.9. The molecule has 2 aromatic rings. The van der Waals surface area contributed by atoms with Crippen LogP contribution in [0.2, 0.25) is 4.34 Å². The average molecular weight is 408 g/mol. The Bertz CT molecular complexity index is 814. The number of aryl methyl sites for hydroxylation is 2. The lowest BCUT2D eigenvalue weighted by Gasteiger charge is -2.04. The SMILES string of the molecule is CCCc1nc(NC(=O)CNS(=O)(=O)c2ccc(Cl)s2)sc1CC. The molecule has 0 bridgehead atoms. The fraction of sp³-hybridized carbons (Fsp3) is 0.429. The minimum Gasteiger partial charge on any atom is -0.301 e. The van der Waals surface area contributed by atoms with Gasteiger partial charge in [-0.05, 0) is 25.0 Å². The van der Waals surface area contributed by atoms with Crippen LogP contribution in [-0.4, -0.2) is 25.9 Å². The summed E-state index contributed by atoms with van der Waals surface area (Å²) in [6, 6.07) is 2.90. The maximum absolute atomic E-state index is 12.0. The van der Waals surface area contributed by atoms with E-state index in [1.54, 1.807) is 0 Å². The monoisotopic (exact) mass is 407 g/mol. The van der Waals surface area contributed by atoms with Gasteiger partial charge in [0.25, 0.3) is 10.0 Å². The first-order valence-electron chi connectivity index (χ1n) is 7.39. The van der Waals surface area contributed by atoms with Crippen LogP contribution in [0.15, 0.2) is 16.3 Å². The normalized spacial score (nSPS) is 11.6. The van der Waals surface area contributed by atoms with Crippen LogP contribution < -0.4 is 10.0 Å². The lowest BCUT2D eigenvalue weighted by Crippen LogP contribution is -2.32. The number of anilines is 1. The molecule has 132 valence electrons. The molecule has 2 heterocycles. The van der Waals surface area contributed by atoms with E-state index in [-0.39, 0.29) is 10.8 Å². The molecule has 0 aliphatic heterocycles. The highest BCUT2D eigenvalue weighted by Gasteiger charge is 2.18. The van der Waals surface area contributed by atoms with Crippen LogP contribution in [0.25, 0.3) is 0 Å². The van der Waals surface area contributed by atoms with Gasteiger partial charge in [0.05, 0.1) is 16.6 Å². The third-order valence-corrected chi connectivity index (χ3v) is 7.35. The molecule has 0 saturated carbocycles. The van der Waals surface area contributed by atoms with Crippen LogP contribution in [0.4, 0.5) is 5.13 Å². The van der Waals surface area contributed by atoms with Crippen molar-refractivity contribution in [1.29, 1.82) is 0 Å². The van der Waals surface area contributed by atoms with Gasteiger partial charge in [-0.1, -0.05) is 31.9 Å². The summed E-state index contributed by atoms with van der Waals surface area (Å²) in [6.07, 6.45) is 2.70. The molecule has 0 atom stereocenters. The van der Waals surface area contributed by atoms with Gasteiger partial charge in [0.1, 0.15) is 4.21 Å². The van der Waals surface area contributed by atoms with Gasteiger partial charge in [0.15, 0.2) is 5.13 Å². The molecular formula is C14H18ClN3O3S3. The Morgan fingerprint density at radius 3 is 2.62 bits per heavy atom. The third kappa shape index (κ3) is 5.00. The number of nitrogens with zero attached hydrogens (tertiary/aromatic N) is 1. The van der Waals surface area contributed by atoms with Crippen LogP contribution in [0.3, 0.4) is 0 Å². The van der Waals surface area contributed by atoms with Crippen LogP contribution in [0, 0.1) is 0 Å². The lowest BCUT2D eigenvalue weighted by molar-refractivity contribution is -0.115. The molecule has 0 spiro atoms. The van der Waals surface area contributed by atoms with E-state index in [4.69, 9.17) is 11.6 Å². The summed E-state index contributed by atoms with van der Waals surface area (Å²) in [5, 5.41) is 3.14. The van der Waals surface area contributed by atoms with E-state index in [0.717, 1.165) is 41.2 Å². The predicted octanol–water partition coefficient (Wildman–Crippen LogP) is 3.29. The number of thiazole rings is 1. The number of thiophene rings is 1.